The molecule has 2 N–H and O–H groups in total. The normalized spacial score (nSPS) is 14.4. The number of nitrogens with zero attached hydrogens (tertiary/aromatic N) is 6. The number of amidine groups is 1. The zero-order valence-corrected chi connectivity index (χ0v) is 25.3. The van der Waals surface area contributed by atoms with Crippen LogP contribution < -0.4 is 19.2 Å². The van der Waals surface area contributed by atoms with Crippen LogP contribution in [0, 0.1) is 5.41 Å². The molecular weight excluding hydrogens is 643 g/mol. The molecule has 0 spiro atoms. The molecule has 0 bridgehead atoms. The zero-order chi connectivity index (χ0) is 29.3. The topological polar surface area (TPSA) is 155 Å². The third-order valence-electron chi connectivity index (χ3n) is 5.09. The van der Waals surface area contributed by atoms with Gasteiger partial charge in [0.05, 0.1) is 36.2 Å². The van der Waals surface area contributed by atoms with Gasteiger partial charge in [-0.15, -0.1) is 13.9 Å². The van der Waals surface area contributed by atoms with Crippen LogP contribution >= 0.6 is 22.1 Å². The number of hydrogen-bond acceptors (Lipinski definition) is 12. The van der Waals surface area contributed by atoms with Gasteiger partial charge in [0.15, 0.2) is 11.7 Å². The fraction of sp³-hybridized carbons (Fsp3) is 0.130. The summed E-state index contributed by atoms with van der Waals surface area (Å²) < 4.78 is 42.7. The Bertz CT molecular complexity index is 1560. The van der Waals surface area contributed by atoms with Gasteiger partial charge in [-0.2, -0.15) is 10.1 Å². The third-order valence-corrected chi connectivity index (χ3v) is 7.41. The molecule has 0 unspecified atom stereocenters. The monoisotopic (exact) mass is 663 g/mol. The van der Waals surface area contributed by atoms with Gasteiger partial charge < -0.3 is 22.1 Å². The fourth-order valence-electron chi connectivity index (χ4n) is 3.32. The summed E-state index contributed by atoms with van der Waals surface area (Å²) in [6.45, 7) is 1.77. The molecule has 2 aromatic carbocycles. The number of anilines is 2. The first-order valence-corrected chi connectivity index (χ1v) is 15.0. The van der Waals surface area contributed by atoms with Crippen LogP contribution in [-0.4, -0.2) is 44.2 Å². The van der Waals surface area contributed by atoms with E-state index in [1.54, 1.807) is 6.92 Å². The summed E-state index contributed by atoms with van der Waals surface area (Å²) in [6.07, 6.45) is 1.16. The molecule has 0 saturated heterocycles. The summed E-state index contributed by atoms with van der Waals surface area (Å²) in [4.78, 5) is 7.78. The van der Waals surface area contributed by atoms with Gasteiger partial charge in [0, 0.05) is 17.5 Å². The van der Waals surface area contributed by atoms with Crippen molar-refractivity contribution in [2.45, 2.75) is 11.8 Å². The molecule has 40 heavy (non-hydrogen) atoms. The van der Waals surface area contributed by atoms with Gasteiger partial charge in [-0.25, -0.2) is 18.4 Å². The van der Waals surface area contributed by atoms with Crippen molar-refractivity contribution < 1.29 is 32.7 Å². The Balaban J connectivity index is 0.00000216. The maximum absolute atomic E-state index is 12.8. The van der Waals surface area contributed by atoms with Gasteiger partial charge >= 0.3 is 25.0 Å². The van der Waals surface area contributed by atoms with Crippen LogP contribution in [0.2, 0.25) is 0 Å². The van der Waals surface area contributed by atoms with Crippen molar-refractivity contribution in [2.24, 2.45) is 14.7 Å². The Morgan fingerprint density at radius 2 is 1.77 bits per heavy atom. The van der Waals surface area contributed by atoms with E-state index in [4.69, 9.17) is 27.5 Å². The minimum absolute atomic E-state index is 0.0259. The molecule has 3 aromatic rings. The minimum atomic E-state index is -3.99. The number of hydrazone groups is 1. The van der Waals surface area contributed by atoms with E-state index in [0.717, 1.165) is 24.0 Å². The number of halogens is 1. The molecule has 0 fully saturated rings. The fourth-order valence-corrected chi connectivity index (χ4v) is 5.22. The second-order valence-electron chi connectivity index (χ2n) is 7.48. The number of ether oxygens (including phenoxy) is 2. The van der Waals surface area contributed by atoms with Gasteiger partial charge in [-0.05, 0) is 43.3 Å². The molecule has 0 aliphatic carbocycles. The van der Waals surface area contributed by atoms with E-state index in [1.807, 2.05) is 30.3 Å². The second kappa shape index (κ2) is 14.4. The number of hydrogen-bond donors (Lipinski definition) is 2. The van der Waals surface area contributed by atoms with Crippen molar-refractivity contribution in [1.29, 1.82) is 5.41 Å². The summed E-state index contributed by atoms with van der Waals surface area (Å²) in [7, 11) is 3.07. The number of aromatic nitrogens is 2. The Labute approximate surface area is 253 Å². The molecule has 17 heteroatoms. The molecule has 0 atom stereocenters. The number of para-hydroxylation sites is 1. The van der Waals surface area contributed by atoms with Crippen molar-refractivity contribution in [2.75, 3.05) is 24.0 Å². The molecule has 0 saturated carbocycles. The second-order valence-corrected chi connectivity index (χ2v) is 10.6. The van der Waals surface area contributed by atoms with Crippen LogP contribution in [0.5, 0.6) is 11.6 Å². The summed E-state index contributed by atoms with van der Waals surface area (Å²) >= 11 is 9.42. The average Bonchev–Trinajstić information content (AvgIpc) is 3.27. The van der Waals surface area contributed by atoms with E-state index in [1.165, 1.54) is 43.5 Å². The van der Waals surface area contributed by atoms with Crippen molar-refractivity contribution in [3.8, 4) is 11.6 Å². The Morgan fingerprint density at radius 3 is 2.40 bits per heavy atom. The van der Waals surface area contributed by atoms with Crippen LogP contribution in [-0.2, 0) is 37.5 Å². The van der Waals surface area contributed by atoms with Crippen LogP contribution in [0.15, 0.2) is 90.4 Å². The van der Waals surface area contributed by atoms with E-state index < -0.39 is 10.0 Å². The van der Waals surface area contributed by atoms with Crippen LogP contribution in [0.1, 0.15) is 6.92 Å². The molecule has 1 aromatic heterocycles. The molecular formula is C23H21ClCoN8O4S3. The van der Waals surface area contributed by atoms with E-state index in [0.29, 0.717) is 21.2 Å². The molecule has 0 radical (unpaired) electrons. The van der Waals surface area contributed by atoms with Crippen LogP contribution in [0.4, 0.5) is 17.2 Å². The summed E-state index contributed by atoms with van der Waals surface area (Å²) in [5, 5.41) is 18.5. The predicted octanol–water partition coefficient (Wildman–Crippen LogP) is 5.35. The van der Waals surface area contributed by atoms with Gasteiger partial charge in [-0.3, -0.25) is 10.1 Å². The van der Waals surface area contributed by atoms with E-state index in [-0.39, 0.29) is 28.2 Å². The molecule has 211 valence electrons. The summed E-state index contributed by atoms with van der Waals surface area (Å²) in [5.74, 6) is 0.234. The average molecular weight is 664 g/mol. The summed E-state index contributed by atoms with van der Waals surface area (Å²) in [6, 6.07) is 15.1. The Morgan fingerprint density at radius 1 is 1.10 bits per heavy atom. The van der Waals surface area contributed by atoms with Crippen molar-refractivity contribution in [1.82, 2.24) is 9.97 Å². The van der Waals surface area contributed by atoms with Crippen LogP contribution in [0.25, 0.3) is 0 Å². The van der Waals surface area contributed by atoms with Crippen molar-refractivity contribution in [3.05, 3.63) is 70.7 Å². The molecule has 0 amide bonds. The van der Waals surface area contributed by atoms with Crippen molar-refractivity contribution in [3.63, 3.8) is 0 Å². The number of methoxy groups -OCH3 is 2. The van der Waals surface area contributed by atoms with Gasteiger partial charge in [0.2, 0.25) is 5.75 Å². The third kappa shape index (κ3) is 7.26. The first-order valence-electron chi connectivity index (χ1n) is 10.9. The van der Waals surface area contributed by atoms with Gasteiger partial charge in [0.1, 0.15) is 6.33 Å². The Hall–Kier alpha value is -3.28. The Kier molecular flexibility index (Phi) is 11.2. The first kappa shape index (κ1) is 31.2. The van der Waals surface area contributed by atoms with E-state index in [2.05, 4.69) is 54.4 Å². The number of benzene rings is 2. The van der Waals surface area contributed by atoms with Gasteiger partial charge in [0.25, 0.3) is 15.9 Å². The first-order chi connectivity index (χ1) is 19.2. The SMILES string of the molecule is COc1ncnc(NS(=O)(=O)c2ccc(N=NS/C([S-])=C3\C(=N)N(c4ccccc4)N=C3C)cc2)c1OC.[Cl][Co+]. The number of sulfonamides is 1. The number of nitrogens with one attached hydrogen (secondary N) is 2. The maximum atomic E-state index is 12.8. The molecule has 2 heterocycles. The predicted molar refractivity (Wildman–Crippen MR) is 154 cm³/mol. The standard InChI is InChI=1S/C23H22N8O4S3.ClH.Co/c1-14-18(20(24)31(28-14)16-7-5-4-6-8-16)23(36)37-30-27-15-9-11-17(12-10-15)38(32,33)29-21-19(34-2)22(35-3)26-13-25-21;;/h4-13,24,36H,1-3H3,(H,25,26,29);1H;/q;;+2/p-2/b23-18-,24-20?,30-27?;;. The van der Waals surface area contributed by atoms with Crippen molar-refractivity contribution >= 4 is 73.5 Å². The molecule has 1 aliphatic rings. The number of rotatable bonds is 9. The quantitative estimate of drug-likeness (QED) is 0.175. The summed E-state index contributed by atoms with van der Waals surface area (Å²) in [5.41, 5.74) is 2.26. The van der Waals surface area contributed by atoms with Gasteiger partial charge in [-0.1, -0.05) is 18.2 Å². The van der Waals surface area contributed by atoms with Crippen LogP contribution in [0.3, 0.4) is 0 Å². The van der Waals surface area contributed by atoms with E-state index >= 15 is 0 Å². The zero-order valence-electron chi connectivity index (χ0n) is 21.0. The van der Waals surface area contributed by atoms with E-state index in [9.17, 15) is 8.42 Å². The molecule has 1 aliphatic heterocycles. The molecule has 12 nitrogen and oxygen atoms in total. The molecule has 4 rings (SSSR count).